The average molecular weight is 482 g/mol. The van der Waals surface area contributed by atoms with Gasteiger partial charge in [0.25, 0.3) is 0 Å². The zero-order chi connectivity index (χ0) is 25.6. The summed E-state index contributed by atoms with van der Waals surface area (Å²) in [5, 5.41) is 10.3. The van der Waals surface area contributed by atoms with Crippen molar-refractivity contribution in [2.24, 2.45) is 0 Å². The van der Waals surface area contributed by atoms with Gasteiger partial charge >= 0.3 is 12.1 Å². The highest BCUT2D eigenvalue weighted by molar-refractivity contribution is 5.95. The maximum absolute atomic E-state index is 13.2. The van der Waals surface area contributed by atoms with Crippen LogP contribution in [0.3, 0.4) is 0 Å². The van der Waals surface area contributed by atoms with Crippen molar-refractivity contribution in [3.63, 3.8) is 0 Å². The lowest BCUT2D eigenvalue weighted by Gasteiger charge is -2.22. The molecule has 0 radical (unpaired) electrons. The summed E-state index contributed by atoms with van der Waals surface area (Å²) in [5.74, 6) is -0.363. The van der Waals surface area contributed by atoms with Crippen molar-refractivity contribution in [2.75, 3.05) is 13.7 Å². The highest BCUT2D eigenvalue weighted by atomic mass is 16.6. The Morgan fingerprint density at radius 2 is 1.74 bits per heavy atom. The van der Waals surface area contributed by atoms with E-state index in [1.54, 1.807) is 40.0 Å². The first-order chi connectivity index (χ1) is 16.6. The number of phenolic OH excluding ortho intramolecular Hbond substituents is 1. The minimum Gasteiger partial charge on any atom is -0.508 e. The topological polar surface area (TPSA) is 96.2 Å². The third kappa shape index (κ3) is 7.10. The number of aromatic hydroxyl groups is 1. The molecule has 0 aliphatic heterocycles. The molecule has 1 aromatic heterocycles. The molecule has 186 valence electrons. The van der Waals surface area contributed by atoms with E-state index in [1.807, 2.05) is 37.3 Å². The average Bonchev–Trinajstić information content (AvgIpc) is 3.22. The Kier molecular flexibility index (Phi) is 8.19. The molecule has 1 heterocycles. The van der Waals surface area contributed by atoms with Crippen LogP contribution in [0.5, 0.6) is 11.5 Å². The van der Waals surface area contributed by atoms with Crippen LogP contribution >= 0.6 is 0 Å². The number of methoxy groups -OCH3 is 1. The molecule has 0 unspecified atom stereocenters. The fourth-order valence-electron chi connectivity index (χ4n) is 3.42. The lowest BCUT2D eigenvalue weighted by molar-refractivity contribution is 0.0416. The van der Waals surface area contributed by atoms with E-state index in [0.29, 0.717) is 23.6 Å². The summed E-state index contributed by atoms with van der Waals surface area (Å²) in [5.41, 5.74) is 0.816. The van der Waals surface area contributed by atoms with Gasteiger partial charge in [-0.1, -0.05) is 30.3 Å². The van der Waals surface area contributed by atoms with Gasteiger partial charge in [-0.05, 0) is 57.5 Å². The molecule has 1 N–H and O–H groups in total. The minimum absolute atomic E-state index is 0.00347. The van der Waals surface area contributed by atoms with Crippen LogP contribution in [0.15, 0.2) is 60.7 Å². The Morgan fingerprint density at radius 3 is 2.40 bits per heavy atom. The van der Waals surface area contributed by atoms with Crippen LogP contribution < -0.4 is 4.74 Å². The molecular formula is C27H31NO7. The number of nitrogens with zero attached hydrogens (tertiary/aromatic N) is 1. The van der Waals surface area contributed by atoms with Gasteiger partial charge in [-0.2, -0.15) is 0 Å². The molecule has 0 aliphatic rings. The fraction of sp³-hybridized carbons (Fsp3) is 0.333. The molecule has 1 atom stereocenters. The molecule has 0 spiro atoms. The maximum Gasteiger partial charge on any atom is 0.419 e. The summed E-state index contributed by atoms with van der Waals surface area (Å²) >= 11 is 0. The third-order valence-corrected chi connectivity index (χ3v) is 4.80. The molecule has 8 heteroatoms. The predicted octanol–water partition coefficient (Wildman–Crippen LogP) is 5.41. The van der Waals surface area contributed by atoms with E-state index < -0.39 is 17.7 Å². The molecule has 35 heavy (non-hydrogen) atoms. The first-order valence-corrected chi connectivity index (χ1v) is 11.2. The Hall–Kier alpha value is -3.78. The van der Waals surface area contributed by atoms with Gasteiger partial charge < -0.3 is 24.1 Å². The van der Waals surface area contributed by atoms with Crippen LogP contribution in [0, 0.1) is 0 Å². The summed E-state index contributed by atoms with van der Waals surface area (Å²) in [6.45, 7) is 7.45. The second-order valence-corrected chi connectivity index (χ2v) is 9.08. The van der Waals surface area contributed by atoms with Gasteiger partial charge in [-0.25, -0.2) is 14.2 Å². The Bertz CT molecular complexity index is 1160. The van der Waals surface area contributed by atoms with Crippen molar-refractivity contribution in [1.82, 2.24) is 4.57 Å². The quantitative estimate of drug-likeness (QED) is 0.430. The lowest BCUT2D eigenvalue weighted by atomic mass is 10.1. The van der Waals surface area contributed by atoms with E-state index >= 15 is 0 Å². The molecule has 0 fully saturated rings. The molecule has 3 rings (SSSR count). The van der Waals surface area contributed by atoms with E-state index in [9.17, 15) is 14.7 Å². The van der Waals surface area contributed by atoms with E-state index in [0.717, 1.165) is 10.1 Å². The molecule has 0 amide bonds. The molecular weight excluding hydrogens is 450 g/mol. The van der Waals surface area contributed by atoms with Crippen molar-refractivity contribution < 1.29 is 33.6 Å². The first kappa shape index (κ1) is 25.8. The fourth-order valence-corrected chi connectivity index (χ4v) is 3.42. The maximum atomic E-state index is 13.2. The Labute approximate surface area is 205 Å². The van der Waals surface area contributed by atoms with Gasteiger partial charge in [0.1, 0.15) is 35.5 Å². The standard InChI is InChI=1S/C27H31NO7/c1-18(16-32-5)34-22-14-20(13-21(29)15-22)23-11-12-24(28(23)26(31)35-27(2,3)4)25(30)33-17-19-9-7-6-8-10-19/h6-15,18,29H,16-17H2,1-5H3/t18-/m0/s1. The zero-order valence-electron chi connectivity index (χ0n) is 20.6. The Balaban J connectivity index is 1.98. The number of hydrogen-bond acceptors (Lipinski definition) is 7. The number of aromatic nitrogens is 1. The van der Waals surface area contributed by atoms with Crippen molar-refractivity contribution >= 4 is 12.1 Å². The SMILES string of the molecule is COC[C@H](C)Oc1cc(O)cc(-c2ccc(C(=O)OCc3ccccc3)n2C(=O)OC(C)(C)C)c1. The van der Waals surface area contributed by atoms with Crippen LogP contribution in [0.2, 0.25) is 0 Å². The highest BCUT2D eigenvalue weighted by Crippen LogP contribution is 2.32. The second kappa shape index (κ2) is 11.1. The van der Waals surface area contributed by atoms with Gasteiger partial charge in [0.2, 0.25) is 0 Å². The number of ether oxygens (including phenoxy) is 4. The number of benzene rings is 2. The highest BCUT2D eigenvalue weighted by Gasteiger charge is 2.27. The summed E-state index contributed by atoms with van der Waals surface area (Å²) in [6, 6.07) is 16.9. The smallest absolute Gasteiger partial charge is 0.419 e. The molecule has 8 nitrogen and oxygen atoms in total. The molecule has 2 aromatic carbocycles. The van der Waals surface area contributed by atoms with Crippen molar-refractivity contribution in [3.8, 4) is 22.8 Å². The molecule has 0 aliphatic carbocycles. The Morgan fingerprint density at radius 1 is 1.03 bits per heavy atom. The second-order valence-electron chi connectivity index (χ2n) is 9.08. The number of carbonyl (C=O) groups excluding carboxylic acids is 2. The van der Waals surface area contributed by atoms with E-state index in [4.69, 9.17) is 18.9 Å². The molecule has 0 saturated heterocycles. The van der Waals surface area contributed by atoms with Crippen molar-refractivity contribution in [1.29, 1.82) is 0 Å². The van der Waals surface area contributed by atoms with Gasteiger partial charge in [0.05, 0.1) is 12.3 Å². The monoisotopic (exact) mass is 481 g/mol. The first-order valence-electron chi connectivity index (χ1n) is 11.2. The van der Waals surface area contributed by atoms with Gasteiger partial charge in [-0.15, -0.1) is 0 Å². The summed E-state index contributed by atoms with van der Waals surface area (Å²) in [6.07, 6.45) is -1.02. The third-order valence-electron chi connectivity index (χ3n) is 4.80. The number of phenols is 1. The van der Waals surface area contributed by atoms with Crippen molar-refractivity contribution in [2.45, 2.75) is 46.0 Å². The predicted molar refractivity (Wildman–Crippen MR) is 131 cm³/mol. The van der Waals surface area contributed by atoms with Gasteiger partial charge in [-0.3, -0.25) is 0 Å². The van der Waals surface area contributed by atoms with Crippen LogP contribution in [-0.4, -0.2) is 47.2 Å². The summed E-state index contributed by atoms with van der Waals surface area (Å²) < 4.78 is 23.1. The van der Waals surface area contributed by atoms with Crippen molar-refractivity contribution in [3.05, 3.63) is 71.9 Å². The molecule has 0 bridgehead atoms. The number of esters is 1. The van der Waals surface area contributed by atoms with Crippen LogP contribution in [-0.2, 0) is 20.8 Å². The lowest BCUT2D eigenvalue weighted by Crippen LogP contribution is -2.29. The summed E-state index contributed by atoms with van der Waals surface area (Å²) in [4.78, 5) is 26.1. The van der Waals surface area contributed by atoms with E-state index in [1.165, 1.54) is 18.2 Å². The number of hydrogen-bond donors (Lipinski definition) is 1. The largest absolute Gasteiger partial charge is 0.508 e. The van der Waals surface area contributed by atoms with Gasteiger partial charge in [0.15, 0.2) is 0 Å². The molecule has 3 aromatic rings. The number of carbonyl (C=O) groups is 2. The molecule has 0 saturated carbocycles. The van der Waals surface area contributed by atoms with E-state index in [-0.39, 0.29) is 24.2 Å². The van der Waals surface area contributed by atoms with Gasteiger partial charge in [0, 0.05) is 18.7 Å². The normalized spacial score (nSPS) is 12.1. The summed E-state index contributed by atoms with van der Waals surface area (Å²) in [7, 11) is 1.57. The van der Waals surface area contributed by atoms with Crippen LogP contribution in [0.25, 0.3) is 11.3 Å². The van der Waals surface area contributed by atoms with Crippen LogP contribution in [0.1, 0.15) is 43.7 Å². The number of rotatable bonds is 8. The van der Waals surface area contributed by atoms with E-state index in [2.05, 4.69) is 0 Å². The van der Waals surface area contributed by atoms with Crippen LogP contribution in [0.4, 0.5) is 4.79 Å². The minimum atomic E-state index is -0.799. The zero-order valence-corrected chi connectivity index (χ0v) is 20.6.